The highest BCUT2D eigenvalue weighted by Crippen LogP contribution is 2.14. The van der Waals surface area contributed by atoms with Crippen molar-refractivity contribution in [1.29, 1.82) is 0 Å². The third-order valence-corrected chi connectivity index (χ3v) is 2.63. The van der Waals surface area contributed by atoms with E-state index in [-0.39, 0.29) is 5.69 Å². The maximum Gasteiger partial charge on any atom is 0.307 e. The molecular formula is C12H9N5O2. The van der Waals surface area contributed by atoms with Crippen LogP contribution in [0.25, 0.3) is 11.4 Å². The van der Waals surface area contributed by atoms with Crippen LogP contribution < -0.4 is 0 Å². The van der Waals surface area contributed by atoms with Crippen LogP contribution in [0.4, 0.5) is 5.69 Å². The van der Waals surface area contributed by atoms with E-state index in [2.05, 4.69) is 10.2 Å². The van der Waals surface area contributed by atoms with E-state index in [0.717, 1.165) is 5.69 Å². The first-order valence-electron chi connectivity index (χ1n) is 5.53. The van der Waals surface area contributed by atoms with Gasteiger partial charge in [-0.1, -0.05) is 18.2 Å². The molecule has 0 saturated carbocycles. The Morgan fingerprint density at radius 1 is 0.947 bits per heavy atom. The number of benzene rings is 1. The molecule has 19 heavy (non-hydrogen) atoms. The van der Waals surface area contributed by atoms with Gasteiger partial charge >= 0.3 is 5.69 Å². The number of nitro groups is 1. The van der Waals surface area contributed by atoms with Crippen LogP contribution in [0.3, 0.4) is 0 Å². The number of hydrogen-bond donors (Lipinski definition) is 0. The quantitative estimate of drug-likeness (QED) is 0.529. The zero-order chi connectivity index (χ0) is 13.2. The molecule has 0 atom stereocenters. The molecule has 2 aromatic heterocycles. The van der Waals surface area contributed by atoms with Gasteiger partial charge in [0, 0.05) is 0 Å². The van der Waals surface area contributed by atoms with Crippen LogP contribution in [-0.4, -0.2) is 24.5 Å². The maximum absolute atomic E-state index is 10.6. The number of para-hydroxylation sites is 1. The van der Waals surface area contributed by atoms with Gasteiger partial charge in [0.2, 0.25) is 0 Å². The first kappa shape index (κ1) is 11.1. The standard InChI is InChI=1S/C12H9N5O2/c18-17(19)12-7-14-16(9-12)11-6-13-15(8-11)10-4-2-1-3-5-10/h1-9H. The first-order valence-corrected chi connectivity index (χ1v) is 5.53. The molecule has 0 saturated heterocycles. The normalized spacial score (nSPS) is 10.5. The highest BCUT2D eigenvalue weighted by Gasteiger charge is 2.11. The van der Waals surface area contributed by atoms with Gasteiger partial charge in [0.15, 0.2) is 0 Å². The second-order valence-corrected chi connectivity index (χ2v) is 3.88. The predicted octanol–water partition coefficient (Wildman–Crippen LogP) is 1.97. The summed E-state index contributed by atoms with van der Waals surface area (Å²) in [4.78, 5) is 10.1. The average Bonchev–Trinajstić information content (AvgIpc) is 3.09. The molecule has 0 aliphatic rings. The van der Waals surface area contributed by atoms with E-state index < -0.39 is 4.92 Å². The molecule has 7 nitrogen and oxygen atoms in total. The van der Waals surface area contributed by atoms with E-state index in [1.807, 2.05) is 30.3 Å². The highest BCUT2D eigenvalue weighted by molar-refractivity contribution is 5.36. The Morgan fingerprint density at radius 3 is 2.32 bits per heavy atom. The summed E-state index contributed by atoms with van der Waals surface area (Å²) in [5, 5.41) is 18.7. The first-order chi connectivity index (χ1) is 9.24. The Bertz CT molecular complexity index is 717. The van der Waals surface area contributed by atoms with Crippen molar-refractivity contribution in [2.45, 2.75) is 0 Å². The second-order valence-electron chi connectivity index (χ2n) is 3.88. The third-order valence-electron chi connectivity index (χ3n) is 2.63. The molecule has 0 bridgehead atoms. The molecular weight excluding hydrogens is 246 g/mol. The van der Waals surface area contributed by atoms with Crippen LogP contribution in [-0.2, 0) is 0 Å². The van der Waals surface area contributed by atoms with Crippen LogP contribution in [0.15, 0.2) is 55.1 Å². The van der Waals surface area contributed by atoms with E-state index in [1.165, 1.54) is 17.1 Å². The Kier molecular flexibility index (Phi) is 2.57. The van der Waals surface area contributed by atoms with Crippen LogP contribution in [0.2, 0.25) is 0 Å². The van der Waals surface area contributed by atoms with Gasteiger partial charge in [0.1, 0.15) is 18.1 Å². The van der Waals surface area contributed by atoms with Gasteiger partial charge in [0.25, 0.3) is 0 Å². The largest absolute Gasteiger partial charge is 0.307 e. The summed E-state index contributed by atoms with van der Waals surface area (Å²) in [5.41, 5.74) is 1.53. The minimum Gasteiger partial charge on any atom is -0.258 e. The molecule has 0 radical (unpaired) electrons. The van der Waals surface area contributed by atoms with Crippen LogP contribution >= 0.6 is 0 Å². The lowest BCUT2D eigenvalue weighted by Crippen LogP contribution is -1.94. The predicted molar refractivity (Wildman–Crippen MR) is 67.3 cm³/mol. The lowest BCUT2D eigenvalue weighted by Gasteiger charge is -1.98. The summed E-state index contributed by atoms with van der Waals surface area (Å²) in [6.45, 7) is 0. The Balaban J connectivity index is 1.94. The average molecular weight is 255 g/mol. The second kappa shape index (κ2) is 4.37. The van der Waals surface area contributed by atoms with Gasteiger partial charge in [-0.25, -0.2) is 9.36 Å². The van der Waals surface area contributed by atoms with Crippen molar-refractivity contribution in [1.82, 2.24) is 19.6 Å². The monoisotopic (exact) mass is 255 g/mol. The fraction of sp³-hybridized carbons (Fsp3) is 0. The van der Waals surface area contributed by atoms with Crippen molar-refractivity contribution in [2.75, 3.05) is 0 Å². The van der Waals surface area contributed by atoms with Gasteiger partial charge in [-0.2, -0.15) is 10.2 Å². The molecule has 0 amide bonds. The number of rotatable bonds is 3. The molecule has 0 unspecified atom stereocenters. The number of aromatic nitrogens is 4. The van der Waals surface area contributed by atoms with Crippen molar-refractivity contribution >= 4 is 5.69 Å². The molecule has 0 fully saturated rings. The number of hydrogen-bond acceptors (Lipinski definition) is 4. The van der Waals surface area contributed by atoms with Gasteiger partial charge in [-0.05, 0) is 12.1 Å². The van der Waals surface area contributed by atoms with Crippen molar-refractivity contribution in [2.24, 2.45) is 0 Å². The van der Waals surface area contributed by atoms with Gasteiger partial charge < -0.3 is 0 Å². The summed E-state index contributed by atoms with van der Waals surface area (Å²) in [5.74, 6) is 0. The topological polar surface area (TPSA) is 78.8 Å². The minimum atomic E-state index is -0.481. The van der Waals surface area contributed by atoms with Crippen LogP contribution in [0.5, 0.6) is 0 Å². The SMILES string of the molecule is O=[N+]([O-])c1cnn(-c2cnn(-c3ccccc3)c2)c1. The lowest BCUT2D eigenvalue weighted by atomic mass is 10.3. The van der Waals surface area contributed by atoms with Crippen molar-refractivity contribution in [3.63, 3.8) is 0 Å². The van der Waals surface area contributed by atoms with Crippen LogP contribution in [0.1, 0.15) is 0 Å². The van der Waals surface area contributed by atoms with E-state index in [1.54, 1.807) is 17.1 Å². The fourth-order valence-electron chi connectivity index (χ4n) is 1.70. The van der Waals surface area contributed by atoms with E-state index in [0.29, 0.717) is 5.69 Å². The van der Waals surface area contributed by atoms with Crippen molar-refractivity contribution < 1.29 is 4.92 Å². The minimum absolute atomic E-state index is 0.0486. The molecule has 1 aromatic carbocycles. The highest BCUT2D eigenvalue weighted by atomic mass is 16.6. The molecule has 94 valence electrons. The summed E-state index contributed by atoms with van der Waals surface area (Å²) < 4.78 is 3.10. The maximum atomic E-state index is 10.6. The van der Waals surface area contributed by atoms with Gasteiger partial charge in [-0.3, -0.25) is 10.1 Å². The molecule has 0 N–H and O–H groups in total. The molecule has 3 aromatic rings. The van der Waals surface area contributed by atoms with E-state index in [9.17, 15) is 10.1 Å². The van der Waals surface area contributed by atoms with E-state index >= 15 is 0 Å². The van der Waals surface area contributed by atoms with Crippen molar-refractivity contribution in [3.05, 3.63) is 65.2 Å². The zero-order valence-corrected chi connectivity index (χ0v) is 9.75. The Hall–Kier alpha value is -2.96. The molecule has 0 aliphatic heterocycles. The molecule has 0 aliphatic carbocycles. The molecule has 3 rings (SSSR count). The summed E-state index contributed by atoms with van der Waals surface area (Å²) in [7, 11) is 0. The zero-order valence-electron chi connectivity index (χ0n) is 9.75. The lowest BCUT2D eigenvalue weighted by molar-refractivity contribution is -0.384. The summed E-state index contributed by atoms with van der Waals surface area (Å²) in [6.07, 6.45) is 5.92. The Morgan fingerprint density at radius 2 is 1.63 bits per heavy atom. The van der Waals surface area contributed by atoms with Gasteiger partial charge in [-0.15, -0.1) is 0 Å². The summed E-state index contributed by atoms with van der Waals surface area (Å²) >= 11 is 0. The molecule has 7 heteroatoms. The smallest absolute Gasteiger partial charge is 0.258 e. The summed E-state index contributed by atoms with van der Waals surface area (Å²) in [6, 6.07) is 9.58. The Labute approximate surface area is 107 Å². The van der Waals surface area contributed by atoms with Crippen LogP contribution in [0, 0.1) is 10.1 Å². The van der Waals surface area contributed by atoms with Gasteiger partial charge in [0.05, 0.1) is 23.0 Å². The van der Waals surface area contributed by atoms with Crippen molar-refractivity contribution in [3.8, 4) is 11.4 Å². The molecule has 0 spiro atoms. The molecule has 2 heterocycles. The number of nitrogens with zero attached hydrogens (tertiary/aromatic N) is 5. The fourth-order valence-corrected chi connectivity index (χ4v) is 1.70. The third kappa shape index (κ3) is 2.08. The van der Waals surface area contributed by atoms with E-state index in [4.69, 9.17) is 0 Å².